The Morgan fingerprint density at radius 1 is 1.32 bits per heavy atom. The van der Waals surface area contributed by atoms with Crippen LogP contribution in [0.1, 0.15) is 52.9 Å². The van der Waals surface area contributed by atoms with Crippen molar-refractivity contribution in [2.75, 3.05) is 23.3 Å². The van der Waals surface area contributed by atoms with E-state index in [0.717, 1.165) is 5.69 Å². The third-order valence-corrected chi connectivity index (χ3v) is 5.76. The molecule has 0 aromatic heterocycles. The zero-order chi connectivity index (χ0) is 22.8. The molecule has 1 atom stereocenters. The van der Waals surface area contributed by atoms with Gasteiger partial charge in [-0.2, -0.15) is 0 Å². The lowest BCUT2D eigenvalue weighted by molar-refractivity contribution is -0.161. The number of hydrogen-bond acceptors (Lipinski definition) is 7. The number of carbonyl (C=O) groups is 3. The van der Waals surface area contributed by atoms with Gasteiger partial charge >= 0.3 is 5.97 Å². The van der Waals surface area contributed by atoms with Gasteiger partial charge in [0.15, 0.2) is 0 Å². The van der Waals surface area contributed by atoms with Crippen LogP contribution in [0.15, 0.2) is 18.2 Å². The summed E-state index contributed by atoms with van der Waals surface area (Å²) < 4.78 is 5.34. The Bertz CT molecular complexity index is 859. The first-order valence-corrected chi connectivity index (χ1v) is 10.9. The minimum Gasteiger partial charge on any atom is -0.460 e. The minimum atomic E-state index is -1.08. The van der Waals surface area contributed by atoms with E-state index in [0.29, 0.717) is 49.5 Å². The highest BCUT2D eigenvalue weighted by atomic mass is 35.5. The fraction of sp³-hybridized carbons (Fsp3) is 0.591. The van der Waals surface area contributed by atoms with E-state index in [4.69, 9.17) is 16.3 Å². The fourth-order valence-corrected chi connectivity index (χ4v) is 4.17. The van der Waals surface area contributed by atoms with Crippen molar-refractivity contribution in [3.63, 3.8) is 0 Å². The molecule has 2 fully saturated rings. The highest BCUT2D eigenvalue weighted by molar-refractivity contribution is 6.33. The Kier molecular flexibility index (Phi) is 6.81. The number of imide groups is 1. The average molecular weight is 452 g/mol. The predicted molar refractivity (Wildman–Crippen MR) is 118 cm³/mol. The van der Waals surface area contributed by atoms with E-state index in [2.05, 4.69) is 15.5 Å². The summed E-state index contributed by atoms with van der Waals surface area (Å²) in [5.41, 5.74) is -0.138. The van der Waals surface area contributed by atoms with Gasteiger partial charge in [-0.25, -0.2) is 0 Å². The quantitative estimate of drug-likeness (QED) is 0.466. The van der Waals surface area contributed by atoms with Gasteiger partial charge in [-0.3, -0.25) is 19.7 Å². The van der Waals surface area contributed by atoms with Crippen LogP contribution in [-0.2, 0) is 19.1 Å². The summed E-state index contributed by atoms with van der Waals surface area (Å²) in [4.78, 5) is 37.4. The van der Waals surface area contributed by atoms with E-state index in [1.165, 1.54) is 0 Å². The number of piperidine rings is 2. The Hall–Kier alpha value is -2.32. The Morgan fingerprint density at radius 3 is 2.58 bits per heavy atom. The van der Waals surface area contributed by atoms with Crippen molar-refractivity contribution >= 4 is 40.8 Å². The number of carbonyl (C=O) groups excluding carboxylic acids is 3. The number of ether oxygens (including phenoxy) is 1. The first-order chi connectivity index (χ1) is 14.4. The number of halogens is 1. The molecule has 3 N–H and O–H groups in total. The van der Waals surface area contributed by atoms with Crippen LogP contribution in [0.25, 0.3) is 0 Å². The Morgan fingerprint density at radius 2 is 2.00 bits per heavy atom. The first-order valence-electron chi connectivity index (χ1n) is 10.5. The maximum atomic E-state index is 12.1. The molecule has 8 nitrogen and oxygen atoms in total. The number of amides is 2. The number of aliphatic hydroxyl groups is 1. The molecule has 1 aromatic rings. The van der Waals surface area contributed by atoms with Gasteiger partial charge in [-0.15, -0.1) is 0 Å². The van der Waals surface area contributed by atoms with Crippen molar-refractivity contribution in [2.45, 2.75) is 70.1 Å². The number of hydrogen-bond donors (Lipinski definition) is 3. The number of nitrogens with zero attached hydrogens (tertiary/aromatic N) is 1. The van der Waals surface area contributed by atoms with Crippen LogP contribution in [0, 0.1) is 0 Å². The van der Waals surface area contributed by atoms with E-state index in [1.54, 1.807) is 26.8 Å². The normalized spacial score (nSPS) is 21.5. The van der Waals surface area contributed by atoms with Gasteiger partial charge in [0.2, 0.25) is 11.8 Å². The summed E-state index contributed by atoms with van der Waals surface area (Å²) in [6, 6.07) is 4.99. The summed E-state index contributed by atoms with van der Waals surface area (Å²) in [6.07, 6.45) is 1.57. The second kappa shape index (κ2) is 9.04. The van der Waals surface area contributed by atoms with Crippen LogP contribution >= 0.6 is 11.6 Å². The van der Waals surface area contributed by atoms with Gasteiger partial charge < -0.3 is 20.1 Å². The van der Waals surface area contributed by atoms with Crippen LogP contribution in [-0.4, -0.2) is 53.2 Å². The maximum Gasteiger partial charge on any atom is 0.309 e. The lowest BCUT2D eigenvalue weighted by Crippen LogP contribution is -2.47. The third kappa shape index (κ3) is 6.33. The van der Waals surface area contributed by atoms with Gasteiger partial charge in [0.05, 0.1) is 22.7 Å². The Balaban J connectivity index is 1.57. The van der Waals surface area contributed by atoms with Crippen LogP contribution in [0.3, 0.4) is 0 Å². The lowest BCUT2D eigenvalue weighted by Gasteiger charge is -2.39. The molecule has 31 heavy (non-hydrogen) atoms. The zero-order valence-electron chi connectivity index (χ0n) is 18.2. The van der Waals surface area contributed by atoms with Gasteiger partial charge in [0.25, 0.3) is 0 Å². The molecule has 170 valence electrons. The largest absolute Gasteiger partial charge is 0.460 e. The third-order valence-electron chi connectivity index (χ3n) is 5.46. The topological polar surface area (TPSA) is 108 Å². The molecular formula is C22H30ClN3O5. The molecule has 2 amide bonds. The molecule has 2 heterocycles. The van der Waals surface area contributed by atoms with Crippen molar-refractivity contribution in [1.82, 2.24) is 5.32 Å². The summed E-state index contributed by atoms with van der Waals surface area (Å²) in [5.74, 6) is -0.990. The summed E-state index contributed by atoms with van der Waals surface area (Å²) >= 11 is 6.50. The number of benzene rings is 1. The molecule has 2 aliphatic rings. The van der Waals surface area contributed by atoms with Crippen molar-refractivity contribution in [2.24, 2.45) is 0 Å². The van der Waals surface area contributed by atoms with Crippen molar-refractivity contribution in [3.05, 3.63) is 23.2 Å². The summed E-state index contributed by atoms with van der Waals surface area (Å²) in [6.45, 7) is 6.52. The van der Waals surface area contributed by atoms with Crippen LogP contribution in [0.2, 0.25) is 5.02 Å². The maximum absolute atomic E-state index is 12.1. The van der Waals surface area contributed by atoms with E-state index >= 15 is 0 Å². The molecule has 0 bridgehead atoms. The molecule has 9 heteroatoms. The van der Waals surface area contributed by atoms with Crippen LogP contribution in [0.5, 0.6) is 0 Å². The monoisotopic (exact) mass is 451 g/mol. The smallest absolute Gasteiger partial charge is 0.309 e. The van der Waals surface area contributed by atoms with Gasteiger partial charge in [0, 0.05) is 25.2 Å². The SMILES string of the molecule is CC(C)(C)OC(=O)CC1(O)CCN(c2ccc(N[C@H]3CCC(=O)NC3=O)cc2Cl)CC1. The highest BCUT2D eigenvalue weighted by Gasteiger charge is 2.36. The number of rotatable bonds is 5. The summed E-state index contributed by atoms with van der Waals surface area (Å²) in [7, 11) is 0. The molecular weight excluding hydrogens is 422 g/mol. The molecule has 0 aliphatic carbocycles. The molecule has 2 saturated heterocycles. The van der Waals surface area contributed by atoms with Crippen molar-refractivity contribution < 1.29 is 24.2 Å². The average Bonchev–Trinajstić information content (AvgIpc) is 2.63. The molecule has 0 unspecified atom stereocenters. The predicted octanol–water partition coefficient (Wildman–Crippen LogP) is 2.62. The second-order valence-electron chi connectivity index (χ2n) is 9.29. The molecule has 0 radical (unpaired) electrons. The minimum absolute atomic E-state index is 0.0271. The highest BCUT2D eigenvalue weighted by Crippen LogP contribution is 2.34. The molecule has 0 saturated carbocycles. The number of nitrogens with one attached hydrogen (secondary N) is 2. The first kappa shape index (κ1) is 23.3. The molecule has 0 spiro atoms. The van der Waals surface area contributed by atoms with E-state index in [9.17, 15) is 19.5 Å². The van der Waals surface area contributed by atoms with Gasteiger partial charge in [-0.1, -0.05) is 11.6 Å². The van der Waals surface area contributed by atoms with Crippen molar-refractivity contribution in [3.8, 4) is 0 Å². The summed E-state index contributed by atoms with van der Waals surface area (Å²) in [5, 5.41) is 16.8. The molecule has 1 aromatic carbocycles. The van der Waals surface area contributed by atoms with Gasteiger partial charge in [-0.05, 0) is 58.2 Å². The van der Waals surface area contributed by atoms with Crippen LogP contribution < -0.4 is 15.5 Å². The lowest BCUT2D eigenvalue weighted by atomic mass is 9.88. The molecule has 2 aliphatic heterocycles. The fourth-order valence-electron chi connectivity index (χ4n) is 3.87. The van der Waals surface area contributed by atoms with E-state index < -0.39 is 23.2 Å². The number of esters is 1. The van der Waals surface area contributed by atoms with Crippen molar-refractivity contribution in [1.29, 1.82) is 0 Å². The standard InChI is InChI=1S/C22H30ClN3O5/c1-21(2,3)31-19(28)13-22(30)8-10-26(11-9-22)17-6-4-14(12-15(17)23)24-16-5-7-18(27)25-20(16)29/h4,6,12,16,24,30H,5,7-11,13H2,1-3H3,(H,25,27,29)/t16-/m0/s1. The second-order valence-corrected chi connectivity index (χ2v) is 9.70. The number of anilines is 2. The van der Waals surface area contributed by atoms with E-state index in [-0.39, 0.29) is 18.2 Å². The zero-order valence-corrected chi connectivity index (χ0v) is 18.9. The van der Waals surface area contributed by atoms with E-state index in [1.807, 2.05) is 12.1 Å². The Labute approximate surface area is 187 Å². The van der Waals surface area contributed by atoms with Crippen LogP contribution in [0.4, 0.5) is 11.4 Å². The molecule has 3 rings (SSSR count). The van der Waals surface area contributed by atoms with Gasteiger partial charge in [0.1, 0.15) is 11.6 Å².